The number of hydrogen-bond donors (Lipinski definition) is 0. The first-order valence-corrected chi connectivity index (χ1v) is 9.08. The summed E-state index contributed by atoms with van der Waals surface area (Å²) in [5, 5.41) is 0.610. The van der Waals surface area contributed by atoms with E-state index in [-0.39, 0.29) is 18.1 Å². The Morgan fingerprint density at radius 2 is 1.96 bits per heavy atom. The fourth-order valence-electron chi connectivity index (χ4n) is 4.03. The minimum Gasteiger partial charge on any atom is -0.497 e. The first-order chi connectivity index (χ1) is 12.6. The molecule has 2 aromatic rings. The quantitative estimate of drug-likeness (QED) is 0.817. The number of anilines is 1. The molecule has 26 heavy (non-hydrogen) atoms. The Kier molecular flexibility index (Phi) is 4.51. The van der Waals surface area contributed by atoms with Gasteiger partial charge in [0.15, 0.2) is 0 Å². The zero-order chi connectivity index (χ0) is 18.3. The Morgan fingerprint density at radius 1 is 1.12 bits per heavy atom. The number of benzene rings is 2. The molecule has 0 saturated carbocycles. The summed E-state index contributed by atoms with van der Waals surface area (Å²) in [6, 6.07) is 13.0. The molecule has 2 saturated heterocycles. The molecule has 2 aliphatic rings. The number of rotatable bonds is 4. The first-order valence-electron chi connectivity index (χ1n) is 8.70. The van der Waals surface area contributed by atoms with Gasteiger partial charge in [-0.25, -0.2) is 0 Å². The van der Waals surface area contributed by atoms with Crippen LogP contribution in [0.15, 0.2) is 42.5 Å². The van der Waals surface area contributed by atoms with Gasteiger partial charge in [0.05, 0.1) is 20.3 Å². The van der Waals surface area contributed by atoms with Gasteiger partial charge in [0, 0.05) is 22.8 Å². The fraction of sp³-hybridized carbons (Fsp3) is 0.350. The maximum absolute atomic E-state index is 13.2. The third-order valence-corrected chi connectivity index (χ3v) is 5.41. The van der Waals surface area contributed by atoms with Crippen LogP contribution in [0.25, 0.3) is 0 Å². The van der Waals surface area contributed by atoms with Gasteiger partial charge >= 0.3 is 0 Å². The molecule has 2 aromatic carbocycles. The van der Waals surface area contributed by atoms with E-state index in [9.17, 15) is 4.79 Å². The van der Waals surface area contributed by atoms with Gasteiger partial charge in [-0.3, -0.25) is 14.6 Å². The van der Waals surface area contributed by atoms with Crippen molar-refractivity contribution in [3.05, 3.63) is 53.1 Å². The van der Waals surface area contributed by atoms with E-state index in [2.05, 4.69) is 4.90 Å². The zero-order valence-corrected chi connectivity index (χ0v) is 15.6. The average molecular weight is 373 g/mol. The van der Waals surface area contributed by atoms with Crippen LogP contribution in [0, 0.1) is 0 Å². The number of fused-ring (bicyclic) bond motifs is 1. The summed E-state index contributed by atoms with van der Waals surface area (Å²) in [4.78, 5) is 17.3. The van der Waals surface area contributed by atoms with Crippen LogP contribution >= 0.6 is 11.6 Å². The lowest BCUT2D eigenvalue weighted by Crippen LogP contribution is -2.32. The van der Waals surface area contributed by atoms with Crippen LogP contribution in [0.4, 0.5) is 5.69 Å². The summed E-state index contributed by atoms with van der Waals surface area (Å²) in [6.45, 7) is 0.874. The highest BCUT2D eigenvalue weighted by atomic mass is 35.5. The van der Waals surface area contributed by atoms with Crippen molar-refractivity contribution in [1.29, 1.82) is 0 Å². The van der Waals surface area contributed by atoms with Crippen molar-refractivity contribution in [2.24, 2.45) is 0 Å². The molecule has 2 atom stereocenters. The van der Waals surface area contributed by atoms with Crippen LogP contribution < -0.4 is 14.4 Å². The molecule has 0 unspecified atom stereocenters. The van der Waals surface area contributed by atoms with Gasteiger partial charge < -0.3 is 9.47 Å². The third kappa shape index (κ3) is 2.72. The van der Waals surface area contributed by atoms with Crippen LogP contribution in [0.1, 0.15) is 24.6 Å². The van der Waals surface area contributed by atoms with Crippen LogP contribution in [-0.4, -0.2) is 37.6 Å². The topological polar surface area (TPSA) is 42.0 Å². The molecule has 0 aromatic heterocycles. The minimum atomic E-state index is -0.237. The Morgan fingerprint density at radius 3 is 2.69 bits per heavy atom. The van der Waals surface area contributed by atoms with Gasteiger partial charge in [0.1, 0.15) is 17.7 Å². The largest absolute Gasteiger partial charge is 0.497 e. The van der Waals surface area contributed by atoms with Crippen LogP contribution in [0.3, 0.4) is 0 Å². The van der Waals surface area contributed by atoms with E-state index in [0.29, 0.717) is 5.02 Å². The maximum atomic E-state index is 13.2. The minimum absolute atomic E-state index is 0.102. The SMILES string of the molecule is COc1ccc(OC)c([C@H]2N(c3cccc(Cl)c3)C(=O)[C@@H]3CCCN32)c1. The molecule has 0 bridgehead atoms. The van der Waals surface area contributed by atoms with Crippen molar-refractivity contribution < 1.29 is 14.3 Å². The van der Waals surface area contributed by atoms with E-state index in [1.54, 1.807) is 14.2 Å². The Balaban J connectivity index is 1.87. The number of hydrogen-bond acceptors (Lipinski definition) is 4. The summed E-state index contributed by atoms with van der Waals surface area (Å²) in [6.07, 6.45) is 1.65. The molecule has 2 fully saturated rings. The number of ether oxygens (including phenoxy) is 2. The van der Waals surface area contributed by atoms with E-state index >= 15 is 0 Å². The molecule has 6 heteroatoms. The van der Waals surface area contributed by atoms with Crippen molar-refractivity contribution in [2.45, 2.75) is 25.0 Å². The van der Waals surface area contributed by atoms with Crippen molar-refractivity contribution in [1.82, 2.24) is 4.90 Å². The second-order valence-corrected chi connectivity index (χ2v) is 7.00. The standard InChI is InChI=1S/C20H21ClN2O3/c1-25-15-8-9-18(26-2)16(12-15)19-22-10-4-7-17(22)20(24)23(19)14-6-3-5-13(21)11-14/h3,5-6,8-9,11-12,17,19H,4,7,10H2,1-2H3/t17-,19+/m0/s1. The van der Waals surface area contributed by atoms with Crippen molar-refractivity contribution >= 4 is 23.2 Å². The Bertz CT molecular complexity index is 842. The molecular weight excluding hydrogens is 352 g/mol. The number of nitrogens with zero attached hydrogens (tertiary/aromatic N) is 2. The first kappa shape index (κ1) is 17.2. The molecule has 2 aliphatic heterocycles. The number of amides is 1. The second-order valence-electron chi connectivity index (χ2n) is 6.57. The highest BCUT2D eigenvalue weighted by molar-refractivity contribution is 6.31. The summed E-state index contributed by atoms with van der Waals surface area (Å²) in [5.41, 5.74) is 1.72. The summed E-state index contributed by atoms with van der Waals surface area (Å²) in [7, 11) is 3.28. The lowest BCUT2D eigenvalue weighted by molar-refractivity contribution is -0.119. The highest BCUT2D eigenvalue weighted by Crippen LogP contribution is 2.45. The van der Waals surface area contributed by atoms with Crippen molar-refractivity contribution in [2.75, 3.05) is 25.7 Å². The lowest BCUT2D eigenvalue weighted by Gasteiger charge is -2.31. The molecule has 2 heterocycles. The van der Waals surface area contributed by atoms with Crippen LogP contribution in [0.2, 0.25) is 5.02 Å². The fourth-order valence-corrected chi connectivity index (χ4v) is 4.21. The smallest absolute Gasteiger partial charge is 0.246 e. The van der Waals surface area contributed by atoms with Crippen molar-refractivity contribution in [3.8, 4) is 11.5 Å². The van der Waals surface area contributed by atoms with E-state index < -0.39 is 0 Å². The normalized spacial score (nSPS) is 22.6. The van der Waals surface area contributed by atoms with Gasteiger partial charge in [-0.1, -0.05) is 17.7 Å². The summed E-state index contributed by atoms with van der Waals surface area (Å²) < 4.78 is 11.0. The number of halogens is 1. The van der Waals surface area contributed by atoms with Crippen LogP contribution in [0.5, 0.6) is 11.5 Å². The lowest BCUT2D eigenvalue weighted by atomic mass is 10.1. The molecule has 1 amide bonds. The summed E-state index contributed by atoms with van der Waals surface area (Å²) in [5.74, 6) is 1.59. The predicted molar refractivity (Wildman–Crippen MR) is 101 cm³/mol. The van der Waals surface area contributed by atoms with Crippen molar-refractivity contribution in [3.63, 3.8) is 0 Å². The molecule has 5 nitrogen and oxygen atoms in total. The second kappa shape index (κ2) is 6.82. The van der Waals surface area contributed by atoms with Crippen LogP contribution in [-0.2, 0) is 4.79 Å². The predicted octanol–water partition coefficient (Wildman–Crippen LogP) is 3.87. The number of methoxy groups -OCH3 is 2. The molecule has 0 N–H and O–H groups in total. The average Bonchev–Trinajstić information content (AvgIpc) is 3.23. The van der Waals surface area contributed by atoms with Gasteiger partial charge in [-0.05, 0) is 49.2 Å². The monoisotopic (exact) mass is 372 g/mol. The molecule has 4 rings (SSSR count). The molecule has 0 aliphatic carbocycles. The van der Waals surface area contributed by atoms with Gasteiger partial charge in [0.25, 0.3) is 0 Å². The van der Waals surface area contributed by atoms with E-state index in [0.717, 1.165) is 42.1 Å². The van der Waals surface area contributed by atoms with Gasteiger partial charge in [0.2, 0.25) is 5.91 Å². The number of carbonyl (C=O) groups excluding carboxylic acids is 1. The number of carbonyl (C=O) groups is 1. The summed E-state index contributed by atoms with van der Waals surface area (Å²) >= 11 is 6.20. The Hall–Kier alpha value is -2.24. The third-order valence-electron chi connectivity index (χ3n) is 5.18. The van der Waals surface area contributed by atoms with E-state index in [1.807, 2.05) is 47.4 Å². The molecule has 136 valence electrons. The Labute approximate surface area is 158 Å². The maximum Gasteiger partial charge on any atom is 0.246 e. The highest BCUT2D eigenvalue weighted by Gasteiger charge is 2.50. The molecule has 0 radical (unpaired) electrons. The van der Waals surface area contributed by atoms with Gasteiger partial charge in [-0.2, -0.15) is 0 Å². The van der Waals surface area contributed by atoms with E-state index in [1.165, 1.54) is 0 Å². The van der Waals surface area contributed by atoms with Gasteiger partial charge in [-0.15, -0.1) is 0 Å². The molecule has 0 spiro atoms. The zero-order valence-electron chi connectivity index (χ0n) is 14.8. The van der Waals surface area contributed by atoms with E-state index in [4.69, 9.17) is 21.1 Å². The molecular formula is C20H21ClN2O3.